The van der Waals surface area contributed by atoms with Gasteiger partial charge in [0.25, 0.3) is 0 Å². The minimum absolute atomic E-state index is 0.492. The molecule has 5 heteroatoms. The van der Waals surface area contributed by atoms with Crippen molar-refractivity contribution >= 4 is 27.5 Å². The molecule has 3 nitrogen and oxygen atoms in total. The summed E-state index contributed by atoms with van der Waals surface area (Å²) in [6.07, 6.45) is 0.741. The number of hydrogen-bond donors (Lipinski definition) is 1. The number of rotatable bonds is 2. The SMILES string of the molecule is OC(c1ccsn1)c1occc1Br. The Morgan fingerprint density at radius 1 is 1.54 bits per heavy atom. The molecule has 0 fully saturated rings. The zero-order valence-corrected chi connectivity index (χ0v) is 8.88. The normalized spacial score (nSPS) is 13.1. The smallest absolute Gasteiger partial charge is 0.156 e. The van der Waals surface area contributed by atoms with Crippen LogP contribution in [0.2, 0.25) is 0 Å². The maximum absolute atomic E-state index is 9.77. The first-order chi connectivity index (χ1) is 6.29. The van der Waals surface area contributed by atoms with E-state index in [0.29, 0.717) is 11.5 Å². The summed E-state index contributed by atoms with van der Waals surface area (Å²) in [5, 5.41) is 11.6. The molecule has 0 aliphatic rings. The van der Waals surface area contributed by atoms with Crippen LogP contribution in [-0.2, 0) is 0 Å². The molecule has 1 N–H and O–H groups in total. The zero-order valence-electron chi connectivity index (χ0n) is 6.48. The quantitative estimate of drug-likeness (QED) is 0.902. The lowest BCUT2D eigenvalue weighted by atomic mass is 10.2. The topological polar surface area (TPSA) is 46.3 Å². The lowest BCUT2D eigenvalue weighted by Gasteiger charge is -2.03. The minimum Gasteiger partial charge on any atom is -0.465 e. The summed E-state index contributed by atoms with van der Waals surface area (Å²) in [6, 6.07) is 3.51. The van der Waals surface area contributed by atoms with Gasteiger partial charge in [0.15, 0.2) is 11.9 Å². The first-order valence-corrected chi connectivity index (χ1v) is 5.23. The van der Waals surface area contributed by atoms with E-state index >= 15 is 0 Å². The Bertz CT molecular complexity index is 385. The van der Waals surface area contributed by atoms with E-state index in [9.17, 15) is 5.11 Å². The van der Waals surface area contributed by atoms with E-state index < -0.39 is 6.10 Å². The van der Waals surface area contributed by atoms with Crippen LogP contribution in [0.15, 0.2) is 32.7 Å². The number of aliphatic hydroxyl groups excluding tert-OH is 1. The molecular formula is C8H6BrNO2S. The average Bonchev–Trinajstić information content (AvgIpc) is 2.72. The van der Waals surface area contributed by atoms with E-state index in [1.165, 1.54) is 17.8 Å². The Labute approximate surface area is 87.3 Å². The van der Waals surface area contributed by atoms with E-state index in [1.807, 2.05) is 5.38 Å². The van der Waals surface area contributed by atoms with Gasteiger partial charge in [-0.15, -0.1) is 0 Å². The molecule has 0 amide bonds. The summed E-state index contributed by atoms with van der Waals surface area (Å²) in [6.45, 7) is 0. The maximum Gasteiger partial charge on any atom is 0.156 e. The second-order valence-electron chi connectivity index (χ2n) is 2.46. The number of aromatic nitrogens is 1. The summed E-state index contributed by atoms with van der Waals surface area (Å²) in [7, 11) is 0. The highest BCUT2D eigenvalue weighted by atomic mass is 79.9. The molecule has 0 spiro atoms. The van der Waals surface area contributed by atoms with Gasteiger partial charge in [0.2, 0.25) is 0 Å². The first-order valence-electron chi connectivity index (χ1n) is 3.60. The minimum atomic E-state index is -0.782. The van der Waals surface area contributed by atoms with Gasteiger partial charge in [0.1, 0.15) is 0 Å². The van der Waals surface area contributed by atoms with E-state index in [2.05, 4.69) is 20.3 Å². The Morgan fingerprint density at radius 3 is 2.92 bits per heavy atom. The van der Waals surface area contributed by atoms with Crippen molar-refractivity contribution in [2.45, 2.75) is 6.10 Å². The lowest BCUT2D eigenvalue weighted by Crippen LogP contribution is -1.98. The highest BCUT2D eigenvalue weighted by molar-refractivity contribution is 9.10. The van der Waals surface area contributed by atoms with Crippen LogP contribution in [0.4, 0.5) is 0 Å². The standard InChI is InChI=1S/C8H6BrNO2S/c9-5-1-3-12-8(5)7(11)6-2-4-13-10-6/h1-4,7,11H. The van der Waals surface area contributed by atoms with Crippen molar-refractivity contribution in [2.24, 2.45) is 0 Å². The lowest BCUT2D eigenvalue weighted by molar-refractivity contribution is 0.185. The molecule has 2 aromatic rings. The molecule has 0 radical (unpaired) electrons. The van der Waals surface area contributed by atoms with Gasteiger partial charge in [-0.3, -0.25) is 0 Å². The second kappa shape index (κ2) is 3.61. The molecule has 0 aromatic carbocycles. The third kappa shape index (κ3) is 1.67. The summed E-state index contributed by atoms with van der Waals surface area (Å²) in [5.41, 5.74) is 0.612. The predicted octanol–water partition coefficient (Wildman–Crippen LogP) is 2.58. The Balaban J connectivity index is 2.33. The van der Waals surface area contributed by atoms with E-state index in [0.717, 1.165) is 4.47 Å². The molecule has 0 saturated heterocycles. The van der Waals surface area contributed by atoms with E-state index in [1.54, 1.807) is 12.1 Å². The number of halogens is 1. The van der Waals surface area contributed by atoms with E-state index in [-0.39, 0.29) is 0 Å². The van der Waals surface area contributed by atoms with Crippen molar-refractivity contribution in [2.75, 3.05) is 0 Å². The van der Waals surface area contributed by atoms with Crippen LogP contribution < -0.4 is 0 Å². The molecule has 2 rings (SSSR count). The molecule has 2 heterocycles. The molecule has 0 aliphatic carbocycles. The van der Waals surface area contributed by atoms with Crippen molar-refractivity contribution in [3.63, 3.8) is 0 Å². The molecule has 0 bridgehead atoms. The predicted molar refractivity (Wildman–Crippen MR) is 52.6 cm³/mol. The molecular weight excluding hydrogens is 254 g/mol. The van der Waals surface area contributed by atoms with Crippen molar-refractivity contribution in [3.8, 4) is 0 Å². The molecule has 1 unspecified atom stereocenters. The highest BCUT2D eigenvalue weighted by Gasteiger charge is 2.18. The van der Waals surface area contributed by atoms with Crippen LogP contribution in [0.25, 0.3) is 0 Å². The number of nitrogens with zero attached hydrogens (tertiary/aromatic N) is 1. The number of aliphatic hydroxyl groups is 1. The first kappa shape index (κ1) is 8.93. The van der Waals surface area contributed by atoms with Gasteiger partial charge < -0.3 is 9.52 Å². The molecule has 0 aliphatic heterocycles. The fraction of sp³-hybridized carbons (Fsp3) is 0.125. The monoisotopic (exact) mass is 259 g/mol. The van der Waals surface area contributed by atoms with Crippen LogP contribution in [0.5, 0.6) is 0 Å². The third-order valence-corrected chi connectivity index (χ3v) is 2.86. The van der Waals surface area contributed by atoms with Crippen molar-refractivity contribution in [3.05, 3.63) is 39.7 Å². The Morgan fingerprint density at radius 2 is 2.38 bits per heavy atom. The largest absolute Gasteiger partial charge is 0.465 e. The molecule has 68 valence electrons. The Kier molecular flexibility index (Phi) is 2.48. The van der Waals surface area contributed by atoms with Crippen LogP contribution in [-0.4, -0.2) is 9.48 Å². The Hall–Kier alpha value is -0.650. The number of furan rings is 1. The van der Waals surface area contributed by atoms with Crippen LogP contribution >= 0.6 is 27.5 Å². The van der Waals surface area contributed by atoms with Gasteiger partial charge in [-0.05, 0) is 39.6 Å². The van der Waals surface area contributed by atoms with Crippen molar-refractivity contribution in [1.82, 2.24) is 4.37 Å². The zero-order chi connectivity index (χ0) is 9.26. The van der Waals surface area contributed by atoms with E-state index in [4.69, 9.17) is 4.42 Å². The molecule has 2 aromatic heterocycles. The van der Waals surface area contributed by atoms with Crippen LogP contribution in [0, 0.1) is 0 Å². The highest BCUT2D eigenvalue weighted by Crippen LogP contribution is 2.28. The summed E-state index contributed by atoms with van der Waals surface area (Å²) >= 11 is 4.58. The average molecular weight is 260 g/mol. The molecule has 0 saturated carbocycles. The molecule has 13 heavy (non-hydrogen) atoms. The van der Waals surface area contributed by atoms with Gasteiger partial charge in [-0.2, -0.15) is 4.37 Å². The van der Waals surface area contributed by atoms with Gasteiger partial charge in [-0.1, -0.05) is 0 Å². The van der Waals surface area contributed by atoms with Gasteiger partial charge in [-0.25, -0.2) is 0 Å². The van der Waals surface area contributed by atoms with Crippen LogP contribution in [0.3, 0.4) is 0 Å². The maximum atomic E-state index is 9.77. The fourth-order valence-corrected chi connectivity index (χ4v) is 1.96. The summed E-state index contributed by atoms with van der Waals surface area (Å²) in [4.78, 5) is 0. The fourth-order valence-electron chi connectivity index (χ4n) is 0.998. The van der Waals surface area contributed by atoms with Gasteiger partial charge in [0.05, 0.1) is 16.4 Å². The van der Waals surface area contributed by atoms with Crippen molar-refractivity contribution < 1.29 is 9.52 Å². The third-order valence-electron chi connectivity index (χ3n) is 1.63. The summed E-state index contributed by atoms with van der Waals surface area (Å²) < 4.78 is 9.90. The van der Waals surface area contributed by atoms with Crippen molar-refractivity contribution in [1.29, 1.82) is 0 Å². The van der Waals surface area contributed by atoms with Gasteiger partial charge >= 0.3 is 0 Å². The van der Waals surface area contributed by atoms with Crippen LogP contribution in [0.1, 0.15) is 17.6 Å². The summed E-state index contributed by atoms with van der Waals surface area (Å²) in [5.74, 6) is 0.492. The number of hydrogen-bond acceptors (Lipinski definition) is 4. The second-order valence-corrected chi connectivity index (χ2v) is 3.98. The molecule has 1 atom stereocenters. The van der Waals surface area contributed by atoms with Gasteiger partial charge in [0, 0.05) is 5.38 Å².